The summed E-state index contributed by atoms with van der Waals surface area (Å²) in [5.74, 6) is -2.21. The fraction of sp³-hybridized carbons (Fsp3) is 0.727. The third-order valence-corrected chi connectivity index (χ3v) is 2.69. The van der Waals surface area contributed by atoms with E-state index in [1.54, 1.807) is 0 Å². The summed E-state index contributed by atoms with van der Waals surface area (Å²) < 4.78 is 0. The van der Waals surface area contributed by atoms with Gasteiger partial charge in [0.05, 0.1) is 0 Å². The number of nitrogens with two attached hydrogens (primary N) is 2. The van der Waals surface area contributed by atoms with Crippen molar-refractivity contribution in [2.45, 2.75) is 37.8 Å². The summed E-state index contributed by atoms with van der Waals surface area (Å²) in [6, 6.07) is -2.57. The predicted octanol–water partition coefficient (Wildman–Crippen LogP) is -1.83. The zero-order chi connectivity index (χ0) is 16.3. The molecule has 0 fully saturated rings. The average Bonchev–Trinajstić information content (AvgIpc) is 2.39. The van der Waals surface area contributed by atoms with Gasteiger partial charge in [-0.3, -0.25) is 9.59 Å². The van der Waals surface area contributed by atoms with Crippen molar-refractivity contribution in [3.63, 3.8) is 0 Å². The van der Waals surface area contributed by atoms with E-state index in [0.29, 0.717) is 19.4 Å². The van der Waals surface area contributed by atoms with Crippen LogP contribution in [0.4, 0.5) is 4.79 Å². The van der Waals surface area contributed by atoms with E-state index in [-0.39, 0.29) is 19.4 Å². The van der Waals surface area contributed by atoms with Crippen molar-refractivity contribution in [3.05, 3.63) is 0 Å². The lowest BCUT2D eigenvalue weighted by Crippen LogP contribution is -2.52. The van der Waals surface area contributed by atoms with Gasteiger partial charge in [0, 0.05) is 6.54 Å². The van der Waals surface area contributed by atoms with Gasteiger partial charge in [-0.1, -0.05) is 0 Å². The molecule has 10 nitrogen and oxygen atoms in total. The Bertz CT molecular complexity index is 352. The van der Waals surface area contributed by atoms with Crippen molar-refractivity contribution >= 4 is 18.0 Å². The number of primary amides is 1. The molecule has 0 heterocycles. The molecule has 0 saturated carbocycles. The quantitative estimate of drug-likeness (QED) is 0.162. The smallest absolute Gasteiger partial charge is 0.322 e. The van der Waals surface area contributed by atoms with Crippen LogP contribution in [0.3, 0.4) is 0 Å². The van der Waals surface area contributed by atoms with Crippen molar-refractivity contribution in [3.8, 4) is 0 Å². The van der Waals surface area contributed by atoms with Gasteiger partial charge in [0.2, 0.25) is 0 Å². The molecule has 122 valence electrons. The standard InChI is InChI=1S/C11H23N5O5/c12-5-1-3-7(9(17)18)15-16-8(10(19)20)4-2-6-14-11(13)21/h7-8,15-16H,1-6,12H2,(H,17,18)(H,19,20)(H3,13,14,21)/t7-,8-/m0/s1. The molecule has 0 unspecified atom stereocenters. The summed E-state index contributed by atoms with van der Waals surface area (Å²) in [6.07, 6.45) is 1.38. The third-order valence-electron chi connectivity index (χ3n) is 2.69. The number of carboxylic acids is 2. The maximum Gasteiger partial charge on any atom is 0.322 e. The van der Waals surface area contributed by atoms with Crippen molar-refractivity contribution in [1.82, 2.24) is 16.2 Å². The minimum atomic E-state index is -1.12. The fourth-order valence-corrected chi connectivity index (χ4v) is 1.56. The molecule has 0 spiro atoms. The minimum Gasteiger partial charge on any atom is -0.480 e. The van der Waals surface area contributed by atoms with Crippen molar-refractivity contribution in [2.24, 2.45) is 11.5 Å². The molecule has 10 heteroatoms. The number of aliphatic carboxylic acids is 2. The molecule has 0 rings (SSSR count). The lowest BCUT2D eigenvalue weighted by atomic mass is 10.1. The first-order chi connectivity index (χ1) is 9.88. The Morgan fingerprint density at radius 3 is 1.81 bits per heavy atom. The van der Waals surface area contributed by atoms with Crippen LogP contribution in [-0.2, 0) is 9.59 Å². The number of rotatable bonds is 12. The monoisotopic (exact) mass is 305 g/mol. The second-order valence-electron chi connectivity index (χ2n) is 4.43. The topological polar surface area (TPSA) is 180 Å². The van der Waals surface area contributed by atoms with E-state index in [2.05, 4.69) is 16.2 Å². The van der Waals surface area contributed by atoms with Crippen LogP contribution in [0.1, 0.15) is 25.7 Å². The SMILES string of the molecule is NCCC[C@H](NN[C@@H](CCCNC(N)=O)C(=O)O)C(=O)O. The number of carbonyl (C=O) groups excluding carboxylic acids is 1. The molecule has 0 bridgehead atoms. The summed E-state index contributed by atoms with van der Waals surface area (Å²) in [4.78, 5) is 32.5. The minimum absolute atomic E-state index is 0.200. The Morgan fingerprint density at radius 1 is 0.952 bits per heavy atom. The van der Waals surface area contributed by atoms with Gasteiger partial charge in [-0.15, -0.1) is 0 Å². The zero-order valence-electron chi connectivity index (χ0n) is 11.7. The van der Waals surface area contributed by atoms with Gasteiger partial charge in [-0.25, -0.2) is 15.6 Å². The zero-order valence-corrected chi connectivity index (χ0v) is 11.7. The summed E-state index contributed by atoms with van der Waals surface area (Å²) in [5.41, 5.74) is 15.2. The van der Waals surface area contributed by atoms with Crippen LogP contribution in [0.5, 0.6) is 0 Å². The highest BCUT2D eigenvalue weighted by Gasteiger charge is 2.21. The second kappa shape index (κ2) is 10.8. The van der Waals surface area contributed by atoms with Crippen LogP contribution < -0.4 is 27.6 Å². The first-order valence-electron chi connectivity index (χ1n) is 6.58. The highest BCUT2D eigenvalue weighted by molar-refractivity contribution is 5.74. The molecular weight excluding hydrogens is 282 g/mol. The first-order valence-corrected chi connectivity index (χ1v) is 6.58. The molecule has 0 aliphatic heterocycles. The number of carboxylic acid groups (broad SMARTS) is 2. The Labute approximate surface area is 122 Å². The summed E-state index contributed by atoms with van der Waals surface area (Å²) in [6.45, 7) is 0.600. The highest BCUT2D eigenvalue weighted by atomic mass is 16.4. The summed E-state index contributed by atoms with van der Waals surface area (Å²) >= 11 is 0. The van der Waals surface area contributed by atoms with Gasteiger partial charge < -0.3 is 27.0 Å². The maximum absolute atomic E-state index is 11.0. The third kappa shape index (κ3) is 9.60. The molecule has 0 aliphatic carbocycles. The molecule has 0 aromatic rings. The summed E-state index contributed by atoms with van der Waals surface area (Å²) in [7, 11) is 0. The highest BCUT2D eigenvalue weighted by Crippen LogP contribution is 1.99. The fourth-order valence-electron chi connectivity index (χ4n) is 1.56. The van der Waals surface area contributed by atoms with Crippen LogP contribution in [0.2, 0.25) is 0 Å². The molecule has 0 radical (unpaired) electrons. The first kappa shape index (κ1) is 19.1. The Kier molecular flexibility index (Phi) is 9.84. The van der Waals surface area contributed by atoms with E-state index in [0.717, 1.165) is 0 Å². The number of nitrogens with one attached hydrogen (secondary N) is 3. The van der Waals surface area contributed by atoms with E-state index in [1.807, 2.05) is 0 Å². The number of urea groups is 1. The van der Waals surface area contributed by atoms with Crippen molar-refractivity contribution in [2.75, 3.05) is 13.1 Å². The Balaban J connectivity index is 4.19. The Hall–Kier alpha value is -1.91. The molecular formula is C11H23N5O5. The number of hydrogen-bond donors (Lipinski definition) is 7. The predicted molar refractivity (Wildman–Crippen MR) is 74.2 cm³/mol. The largest absolute Gasteiger partial charge is 0.480 e. The normalized spacial score (nSPS) is 13.4. The van der Waals surface area contributed by atoms with E-state index < -0.39 is 30.1 Å². The van der Waals surface area contributed by atoms with Crippen LogP contribution in [-0.4, -0.2) is 53.4 Å². The second-order valence-corrected chi connectivity index (χ2v) is 4.43. The van der Waals surface area contributed by atoms with Crippen LogP contribution in [0, 0.1) is 0 Å². The molecule has 0 saturated heterocycles. The van der Waals surface area contributed by atoms with Gasteiger partial charge in [0.1, 0.15) is 12.1 Å². The van der Waals surface area contributed by atoms with Crippen LogP contribution in [0.25, 0.3) is 0 Å². The maximum atomic E-state index is 11.0. The molecule has 2 amide bonds. The lowest BCUT2D eigenvalue weighted by molar-refractivity contribution is -0.143. The van der Waals surface area contributed by atoms with Gasteiger partial charge in [0.25, 0.3) is 0 Å². The molecule has 0 aromatic carbocycles. The number of hydrogen-bond acceptors (Lipinski definition) is 6. The van der Waals surface area contributed by atoms with Crippen LogP contribution >= 0.6 is 0 Å². The van der Waals surface area contributed by atoms with E-state index in [1.165, 1.54) is 0 Å². The van der Waals surface area contributed by atoms with Crippen molar-refractivity contribution in [1.29, 1.82) is 0 Å². The molecule has 9 N–H and O–H groups in total. The van der Waals surface area contributed by atoms with Gasteiger partial charge in [-0.05, 0) is 32.2 Å². The Morgan fingerprint density at radius 2 is 1.43 bits per heavy atom. The van der Waals surface area contributed by atoms with E-state index in [9.17, 15) is 14.4 Å². The molecule has 0 aliphatic rings. The number of amides is 2. The number of carbonyl (C=O) groups is 3. The van der Waals surface area contributed by atoms with Gasteiger partial charge in [0.15, 0.2) is 0 Å². The van der Waals surface area contributed by atoms with Gasteiger partial charge in [-0.2, -0.15) is 0 Å². The summed E-state index contributed by atoms with van der Waals surface area (Å²) in [5, 5.41) is 20.3. The lowest BCUT2D eigenvalue weighted by Gasteiger charge is -2.19. The molecule has 21 heavy (non-hydrogen) atoms. The van der Waals surface area contributed by atoms with E-state index in [4.69, 9.17) is 21.7 Å². The average molecular weight is 305 g/mol. The molecule has 0 aromatic heterocycles. The number of hydrazine groups is 1. The molecule has 2 atom stereocenters. The van der Waals surface area contributed by atoms with Gasteiger partial charge >= 0.3 is 18.0 Å². The van der Waals surface area contributed by atoms with E-state index >= 15 is 0 Å². The van der Waals surface area contributed by atoms with Crippen molar-refractivity contribution < 1.29 is 24.6 Å². The van der Waals surface area contributed by atoms with Crippen LogP contribution in [0.15, 0.2) is 0 Å².